The summed E-state index contributed by atoms with van der Waals surface area (Å²) in [4.78, 5) is 48.4. The van der Waals surface area contributed by atoms with Gasteiger partial charge < -0.3 is 31.8 Å². The van der Waals surface area contributed by atoms with E-state index in [1.54, 1.807) is 33.0 Å². The molecule has 56 heavy (non-hydrogen) atoms. The number of amides is 2. The average Bonchev–Trinajstić information content (AvgIpc) is 3.76. The number of H-pyrrole nitrogens is 1. The van der Waals surface area contributed by atoms with Crippen molar-refractivity contribution in [3.63, 3.8) is 0 Å². The number of rotatable bonds is 20. The summed E-state index contributed by atoms with van der Waals surface area (Å²) < 4.78 is 6.69. The van der Waals surface area contributed by atoms with Crippen LogP contribution in [0.1, 0.15) is 137 Å². The zero-order valence-electron chi connectivity index (χ0n) is 34.1. The monoisotopic (exact) mass is 792 g/mol. The summed E-state index contributed by atoms with van der Waals surface area (Å²) in [5.41, 5.74) is 15.1. The Hall–Kier alpha value is -4.84. The SMILES string of the molecule is CCCCCCCCCC(=O)Nc1ccccc1-c1cnc(N)[nH]1.CCCCCCCCCC(=O)Nc1ccccc1-c1cnc(N)n1C(=O)OC(C)(C)C.Cl. The predicted molar refractivity (Wildman–Crippen MR) is 232 cm³/mol. The minimum Gasteiger partial charge on any atom is -0.443 e. The number of hydrogen-bond donors (Lipinski definition) is 5. The molecule has 308 valence electrons. The van der Waals surface area contributed by atoms with Crippen molar-refractivity contribution in [1.29, 1.82) is 0 Å². The molecule has 13 heteroatoms. The maximum atomic E-state index is 12.7. The van der Waals surface area contributed by atoms with Gasteiger partial charge in [-0.3, -0.25) is 9.59 Å². The third-order valence-electron chi connectivity index (χ3n) is 8.94. The van der Waals surface area contributed by atoms with Gasteiger partial charge in [-0.1, -0.05) is 127 Å². The van der Waals surface area contributed by atoms with E-state index in [0.29, 0.717) is 35.7 Å². The van der Waals surface area contributed by atoms with Gasteiger partial charge in [0.2, 0.25) is 17.8 Å². The van der Waals surface area contributed by atoms with Crippen LogP contribution in [0.2, 0.25) is 0 Å². The smallest absolute Gasteiger partial charge is 0.421 e. The summed E-state index contributed by atoms with van der Waals surface area (Å²) in [6, 6.07) is 15.0. The van der Waals surface area contributed by atoms with Crippen LogP contribution >= 0.6 is 12.4 Å². The minimum absolute atomic E-state index is 0. The first-order valence-corrected chi connectivity index (χ1v) is 20.1. The van der Waals surface area contributed by atoms with Gasteiger partial charge in [-0.25, -0.2) is 19.3 Å². The van der Waals surface area contributed by atoms with Crippen molar-refractivity contribution in [2.75, 3.05) is 22.1 Å². The van der Waals surface area contributed by atoms with E-state index in [1.807, 2.05) is 42.5 Å². The molecule has 2 aromatic carbocycles. The molecule has 7 N–H and O–H groups in total. The van der Waals surface area contributed by atoms with Crippen LogP contribution in [-0.4, -0.2) is 43.0 Å². The van der Waals surface area contributed by atoms with Crippen LogP contribution in [0.3, 0.4) is 0 Å². The fourth-order valence-electron chi connectivity index (χ4n) is 6.08. The molecule has 0 fully saturated rings. The van der Waals surface area contributed by atoms with Gasteiger partial charge in [0.05, 0.1) is 35.2 Å². The van der Waals surface area contributed by atoms with E-state index in [0.717, 1.165) is 49.0 Å². The lowest BCUT2D eigenvalue weighted by molar-refractivity contribution is -0.117. The standard InChI is InChI=1S/C24H36N4O3.C19H28N4O.ClH/c1-5-6-7-8-9-10-11-16-21(29)27-19-15-13-12-14-18(19)20-17-26-22(25)28(20)23(30)31-24(2,3)4;1-2-3-4-5-6-7-8-13-18(24)22-16-12-10-9-11-15(16)17-14-21-19(20)23-17;/h12-15,17H,5-11,16H2,1-4H3,(H2,25,26)(H,27,29);9-12,14H,2-8,13H2,1H3,(H,22,24)(H3,20,21,23);1H. The Labute approximate surface area is 339 Å². The zero-order chi connectivity index (χ0) is 40.1. The molecule has 0 aliphatic carbocycles. The highest BCUT2D eigenvalue weighted by atomic mass is 35.5. The molecular weight excluding hydrogens is 728 g/mol. The molecule has 0 atom stereocenters. The lowest BCUT2D eigenvalue weighted by Crippen LogP contribution is -2.28. The van der Waals surface area contributed by atoms with Crippen LogP contribution in [0.5, 0.6) is 0 Å². The van der Waals surface area contributed by atoms with Crippen molar-refractivity contribution in [1.82, 2.24) is 19.5 Å². The van der Waals surface area contributed by atoms with Crippen LogP contribution < -0.4 is 22.1 Å². The summed E-state index contributed by atoms with van der Waals surface area (Å²) in [6.45, 7) is 9.79. The third kappa shape index (κ3) is 16.9. The van der Waals surface area contributed by atoms with Gasteiger partial charge >= 0.3 is 6.09 Å². The van der Waals surface area contributed by atoms with Gasteiger partial charge in [-0.15, -0.1) is 12.4 Å². The molecule has 0 spiro atoms. The second-order valence-corrected chi connectivity index (χ2v) is 14.9. The summed E-state index contributed by atoms with van der Waals surface area (Å²) in [5, 5.41) is 5.97. The molecule has 0 bridgehead atoms. The number of unbranched alkanes of at least 4 members (excludes halogenated alkanes) is 12. The van der Waals surface area contributed by atoms with Crippen LogP contribution in [-0.2, 0) is 14.3 Å². The summed E-state index contributed by atoms with van der Waals surface area (Å²) >= 11 is 0. The number of halogens is 1. The Kier molecular flexibility index (Phi) is 21.4. The van der Waals surface area contributed by atoms with Crippen molar-refractivity contribution in [3.05, 3.63) is 60.9 Å². The molecule has 0 aliphatic rings. The number of para-hydroxylation sites is 2. The van der Waals surface area contributed by atoms with E-state index in [9.17, 15) is 14.4 Å². The molecular formula is C43H65ClN8O4. The van der Waals surface area contributed by atoms with E-state index in [1.165, 1.54) is 68.6 Å². The van der Waals surface area contributed by atoms with Crippen molar-refractivity contribution in [3.8, 4) is 22.5 Å². The van der Waals surface area contributed by atoms with Crippen LogP contribution in [0.15, 0.2) is 60.9 Å². The number of nitrogen functional groups attached to an aromatic ring is 2. The van der Waals surface area contributed by atoms with Gasteiger partial charge in [-0.2, -0.15) is 0 Å². The number of anilines is 4. The molecule has 2 heterocycles. The van der Waals surface area contributed by atoms with Gasteiger partial charge in [0.25, 0.3) is 0 Å². The first kappa shape index (κ1) is 47.3. The molecule has 0 radical (unpaired) electrons. The van der Waals surface area contributed by atoms with Gasteiger partial charge in [0.15, 0.2) is 5.95 Å². The molecule has 2 amide bonds. The number of carbonyl (C=O) groups excluding carboxylic acids is 3. The fraction of sp³-hybridized carbons (Fsp3) is 0.512. The number of nitrogens with zero attached hydrogens (tertiary/aromatic N) is 3. The number of benzene rings is 2. The Bertz CT molecular complexity index is 1760. The topological polar surface area (TPSA) is 183 Å². The highest BCUT2D eigenvalue weighted by molar-refractivity contribution is 5.96. The molecule has 0 saturated carbocycles. The first-order chi connectivity index (χ1) is 26.4. The molecule has 4 rings (SSSR count). The molecule has 12 nitrogen and oxygen atoms in total. The maximum Gasteiger partial charge on any atom is 0.421 e. The Morgan fingerprint density at radius 3 is 1.62 bits per heavy atom. The Morgan fingerprint density at radius 1 is 0.679 bits per heavy atom. The van der Waals surface area contributed by atoms with Crippen molar-refractivity contribution < 1.29 is 19.1 Å². The number of aromatic nitrogens is 4. The minimum atomic E-state index is -0.671. The predicted octanol–water partition coefficient (Wildman–Crippen LogP) is 11.2. The molecule has 4 aromatic rings. The third-order valence-corrected chi connectivity index (χ3v) is 8.94. The van der Waals surface area contributed by atoms with Crippen LogP contribution in [0, 0.1) is 0 Å². The Balaban J connectivity index is 0.000000392. The number of nitrogens with one attached hydrogen (secondary N) is 3. The summed E-state index contributed by atoms with van der Waals surface area (Å²) in [7, 11) is 0. The number of aromatic amines is 1. The number of ether oxygens (including phenoxy) is 1. The van der Waals surface area contributed by atoms with E-state index < -0.39 is 11.7 Å². The first-order valence-electron chi connectivity index (χ1n) is 20.1. The van der Waals surface area contributed by atoms with Crippen LogP contribution in [0.4, 0.5) is 28.1 Å². The summed E-state index contributed by atoms with van der Waals surface area (Å²) in [6.07, 6.45) is 20.2. The largest absolute Gasteiger partial charge is 0.443 e. The van der Waals surface area contributed by atoms with E-state index in [4.69, 9.17) is 16.2 Å². The highest BCUT2D eigenvalue weighted by Crippen LogP contribution is 2.31. The average molecular weight is 793 g/mol. The quantitative estimate of drug-likeness (QED) is 0.0548. The molecule has 0 unspecified atom stereocenters. The fourth-order valence-corrected chi connectivity index (χ4v) is 6.08. The Morgan fingerprint density at radius 2 is 1.14 bits per heavy atom. The lowest BCUT2D eigenvalue weighted by atomic mass is 10.1. The second-order valence-electron chi connectivity index (χ2n) is 14.9. The number of nitrogens with two attached hydrogens (primary N) is 2. The van der Waals surface area contributed by atoms with E-state index >= 15 is 0 Å². The number of imidazole rings is 2. The van der Waals surface area contributed by atoms with Gasteiger partial charge in [-0.05, 0) is 45.7 Å². The number of hydrogen-bond acceptors (Lipinski definition) is 8. The maximum absolute atomic E-state index is 12.7. The highest BCUT2D eigenvalue weighted by Gasteiger charge is 2.24. The van der Waals surface area contributed by atoms with Crippen molar-refractivity contribution >= 4 is 53.6 Å². The zero-order valence-corrected chi connectivity index (χ0v) is 34.9. The van der Waals surface area contributed by atoms with E-state index in [-0.39, 0.29) is 30.2 Å². The van der Waals surface area contributed by atoms with Crippen molar-refractivity contribution in [2.24, 2.45) is 0 Å². The van der Waals surface area contributed by atoms with Crippen LogP contribution in [0.25, 0.3) is 22.5 Å². The number of carbonyl (C=O) groups is 3. The van der Waals surface area contributed by atoms with Crippen molar-refractivity contribution in [2.45, 2.75) is 143 Å². The normalized spacial score (nSPS) is 10.9. The molecule has 0 aliphatic heterocycles. The van der Waals surface area contributed by atoms with Gasteiger partial charge in [0, 0.05) is 24.0 Å². The molecule has 0 saturated heterocycles. The molecule has 2 aromatic heterocycles. The second kappa shape index (κ2) is 25.3. The van der Waals surface area contributed by atoms with E-state index in [2.05, 4.69) is 39.4 Å². The summed E-state index contributed by atoms with van der Waals surface area (Å²) in [5.74, 6) is 0.420. The lowest BCUT2D eigenvalue weighted by Gasteiger charge is -2.21. The van der Waals surface area contributed by atoms with Gasteiger partial charge in [0.1, 0.15) is 5.60 Å².